The van der Waals surface area contributed by atoms with E-state index in [0.717, 1.165) is 10.9 Å². The van der Waals surface area contributed by atoms with Gasteiger partial charge in [0, 0.05) is 18.5 Å². The van der Waals surface area contributed by atoms with Crippen LogP contribution in [0.3, 0.4) is 0 Å². The van der Waals surface area contributed by atoms with Gasteiger partial charge in [-0.2, -0.15) is 5.10 Å². The first-order valence-electron chi connectivity index (χ1n) is 6.41. The molecule has 0 saturated carbocycles. The Labute approximate surface area is 110 Å². The van der Waals surface area contributed by atoms with E-state index in [1.54, 1.807) is 0 Å². The molecule has 6 nitrogen and oxygen atoms in total. The number of nitrogens with zero attached hydrogens (tertiary/aromatic N) is 2. The molecule has 100 valence electrons. The Morgan fingerprint density at radius 1 is 1.37 bits per heavy atom. The molecule has 0 radical (unpaired) electrons. The normalized spacial score (nSPS) is 17.7. The molecule has 1 aromatic heterocycles. The number of aromatic nitrogens is 2. The molecule has 1 aromatic carbocycles. The van der Waals surface area contributed by atoms with Gasteiger partial charge in [-0.3, -0.25) is 15.3 Å². The van der Waals surface area contributed by atoms with Crippen molar-refractivity contribution in [3.05, 3.63) is 30.0 Å². The van der Waals surface area contributed by atoms with Crippen molar-refractivity contribution in [2.24, 2.45) is 0 Å². The minimum Gasteiger partial charge on any atom is -0.393 e. The van der Waals surface area contributed by atoms with Gasteiger partial charge in [0.25, 0.3) is 5.91 Å². The monoisotopic (exact) mass is 260 g/mol. The van der Waals surface area contributed by atoms with E-state index in [2.05, 4.69) is 15.6 Å². The number of amides is 1. The third-order valence-electron chi connectivity index (χ3n) is 3.41. The summed E-state index contributed by atoms with van der Waals surface area (Å²) in [5.74, 6) is -0.214. The van der Waals surface area contributed by atoms with Crippen LogP contribution in [0.2, 0.25) is 0 Å². The number of aromatic amines is 1. The highest BCUT2D eigenvalue weighted by molar-refractivity contribution is 6.04. The summed E-state index contributed by atoms with van der Waals surface area (Å²) in [5, 5.41) is 19.0. The number of carbonyl (C=O) groups is 1. The lowest BCUT2D eigenvalue weighted by molar-refractivity contribution is 0.0465. The fourth-order valence-corrected chi connectivity index (χ4v) is 2.31. The van der Waals surface area contributed by atoms with Gasteiger partial charge in [-0.05, 0) is 18.9 Å². The molecule has 2 aromatic rings. The van der Waals surface area contributed by atoms with Crippen molar-refractivity contribution in [3.63, 3.8) is 0 Å². The van der Waals surface area contributed by atoms with Gasteiger partial charge in [0.2, 0.25) is 0 Å². The Morgan fingerprint density at radius 2 is 2.11 bits per heavy atom. The predicted octanol–water partition coefficient (Wildman–Crippen LogP) is 0.664. The number of hydrogen-bond acceptors (Lipinski definition) is 4. The maximum atomic E-state index is 12.2. The van der Waals surface area contributed by atoms with E-state index in [1.165, 1.54) is 0 Å². The molecular formula is C13H16N4O2. The van der Waals surface area contributed by atoms with E-state index in [0.29, 0.717) is 31.6 Å². The van der Waals surface area contributed by atoms with Gasteiger partial charge in [0.05, 0.1) is 11.6 Å². The molecule has 1 aliphatic rings. The van der Waals surface area contributed by atoms with Crippen LogP contribution >= 0.6 is 0 Å². The molecule has 2 heterocycles. The Kier molecular flexibility index (Phi) is 3.18. The number of hydrazine groups is 1. The second-order valence-corrected chi connectivity index (χ2v) is 4.78. The largest absolute Gasteiger partial charge is 0.393 e. The molecule has 19 heavy (non-hydrogen) atoms. The van der Waals surface area contributed by atoms with Crippen LogP contribution in [0, 0.1) is 0 Å². The van der Waals surface area contributed by atoms with E-state index in [4.69, 9.17) is 0 Å². The quantitative estimate of drug-likeness (QED) is 0.741. The molecular weight excluding hydrogens is 244 g/mol. The number of carbonyl (C=O) groups excluding carboxylic acids is 1. The number of aliphatic hydroxyl groups excluding tert-OH is 1. The summed E-state index contributed by atoms with van der Waals surface area (Å²) in [6.07, 6.45) is 1.11. The van der Waals surface area contributed by atoms with Crippen LogP contribution in [0.1, 0.15) is 23.3 Å². The summed E-state index contributed by atoms with van der Waals surface area (Å²) in [7, 11) is 0. The first-order chi connectivity index (χ1) is 9.24. The highest BCUT2D eigenvalue weighted by atomic mass is 16.3. The smallest absolute Gasteiger partial charge is 0.286 e. The topological polar surface area (TPSA) is 81.2 Å². The lowest BCUT2D eigenvalue weighted by Crippen LogP contribution is -2.47. The van der Waals surface area contributed by atoms with E-state index in [1.807, 2.05) is 29.3 Å². The van der Waals surface area contributed by atoms with E-state index in [-0.39, 0.29) is 12.0 Å². The fourth-order valence-electron chi connectivity index (χ4n) is 2.31. The summed E-state index contributed by atoms with van der Waals surface area (Å²) in [6.45, 7) is 1.32. The van der Waals surface area contributed by atoms with Gasteiger partial charge < -0.3 is 5.11 Å². The van der Waals surface area contributed by atoms with E-state index < -0.39 is 0 Å². The van der Waals surface area contributed by atoms with Crippen molar-refractivity contribution >= 4 is 16.8 Å². The lowest BCUT2D eigenvalue weighted by Gasteiger charge is -2.29. The minimum absolute atomic E-state index is 0.214. The molecule has 0 spiro atoms. The number of piperidine rings is 1. The molecule has 3 rings (SSSR count). The number of rotatable bonds is 2. The van der Waals surface area contributed by atoms with Crippen molar-refractivity contribution in [3.8, 4) is 0 Å². The summed E-state index contributed by atoms with van der Waals surface area (Å²) in [4.78, 5) is 12.2. The number of benzene rings is 1. The molecule has 3 N–H and O–H groups in total. The van der Waals surface area contributed by atoms with Crippen LogP contribution in [0.25, 0.3) is 10.9 Å². The molecule has 0 unspecified atom stereocenters. The number of hydrogen-bond donors (Lipinski definition) is 3. The van der Waals surface area contributed by atoms with Crippen LogP contribution in [-0.4, -0.2) is 45.4 Å². The predicted molar refractivity (Wildman–Crippen MR) is 70.4 cm³/mol. The second-order valence-electron chi connectivity index (χ2n) is 4.78. The Hall–Kier alpha value is -1.92. The average Bonchev–Trinajstić information content (AvgIpc) is 2.85. The first kappa shape index (κ1) is 12.1. The van der Waals surface area contributed by atoms with Crippen LogP contribution < -0.4 is 5.43 Å². The SMILES string of the molecule is O=C(NN1CCC(O)CC1)c1n[nH]c2ccccc12. The molecule has 1 fully saturated rings. The van der Waals surface area contributed by atoms with Gasteiger partial charge in [-0.15, -0.1) is 0 Å². The first-order valence-corrected chi connectivity index (χ1v) is 6.41. The minimum atomic E-state index is -0.251. The average molecular weight is 260 g/mol. The maximum absolute atomic E-state index is 12.2. The van der Waals surface area contributed by atoms with Gasteiger partial charge >= 0.3 is 0 Å². The number of aliphatic hydroxyl groups is 1. The van der Waals surface area contributed by atoms with Gasteiger partial charge in [0.1, 0.15) is 0 Å². The van der Waals surface area contributed by atoms with Crippen molar-refractivity contribution < 1.29 is 9.90 Å². The van der Waals surface area contributed by atoms with Crippen LogP contribution in [0.15, 0.2) is 24.3 Å². The molecule has 0 atom stereocenters. The zero-order chi connectivity index (χ0) is 13.2. The van der Waals surface area contributed by atoms with Crippen LogP contribution in [-0.2, 0) is 0 Å². The molecule has 0 aliphatic carbocycles. The fraction of sp³-hybridized carbons (Fsp3) is 0.385. The molecule has 1 saturated heterocycles. The zero-order valence-electron chi connectivity index (χ0n) is 10.5. The summed E-state index contributed by atoms with van der Waals surface area (Å²) < 4.78 is 0. The highest BCUT2D eigenvalue weighted by Crippen LogP contribution is 2.15. The van der Waals surface area contributed by atoms with Crippen molar-refractivity contribution in [1.29, 1.82) is 0 Å². The van der Waals surface area contributed by atoms with E-state index >= 15 is 0 Å². The Balaban J connectivity index is 1.73. The molecule has 1 amide bonds. The lowest BCUT2D eigenvalue weighted by atomic mass is 10.1. The zero-order valence-corrected chi connectivity index (χ0v) is 10.5. The van der Waals surface area contributed by atoms with Crippen molar-refractivity contribution in [1.82, 2.24) is 20.6 Å². The second kappa shape index (κ2) is 4.99. The van der Waals surface area contributed by atoms with Gasteiger partial charge in [-0.25, -0.2) is 5.01 Å². The van der Waals surface area contributed by atoms with E-state index in [9.17, 15) is 9.90 Å². The maximum Gasteiger partial charge on any atom is 0.286 e. The number of H-pyrrole nitrogens is 1. The third kappa shape index (κ3) is 2.45. The van der Waals surface area contributed by atoms with Crippen LogP contribution in [0.5, 0.6) is 0 Å². The summed E-state index contributed by atoms with van der Waals surface area (Å²) in [6, 6.07) is 7.53. The summed E-state index contributed by atoms with van der Waals surface area (Å²) >= 11 is 0. The molecule has 6 heteroatoms. The van der Waals surface area contributed by atoms with Gasteiger partial charge in [0.15, 0.2) is 5.69 Å². The van der Waals surface area contributed by atoms with Crippen molar-refractivity contribution in [2.45, 2.75) is 18.9 Å². The third-order valence-corrected chi connectivity index (χ3v) is 3.41. The standard InChI is InChI=1S/C13H16N4O2/c18-9-5-7-17(8-6-9)16-13(19)12-10-3-1-2-4-11(10)14-15-12/h1-4,9,18H,5-8H2,(H,14,15)(H,16,19). The Bertz CT molecular complexity index is 587. The summed E-state index contributed by atoms with van der Waals surface area (Å²) in [5.41, 5.74) is 4.09. The Morgan fingerprint density at radius 3 is 2.89 bits per heavy atom. The van der Waals surface area contributed by atoms with Crippen LogP contribution in [0.4, 0.5) is 0 Å². The number of fused-ring (bicyclic) bond motifs is 1. The number of para-hydroxylation sites is 1. The van der Waals surface area contributed by atoms with Gasteiger partial charge in [-0.1, -0.05) is 18.2 Å². The highest BCUT2D eigenvalue weighted by Gasteiger charge is 2.21. The van der Waals surface area contributed by atoms with Crippen molar-refractivity contribution in [2.75, 3.05) is 13.1 Å². The number of nitrogens with one attached hydrogen (secondary N) is 2. The molecule has 1 aliphatic heterocycles. The molecule has 0 bridgehead atoms.